The van der Waals surface area contributed by atoms with Crippen LogP contribution in [-0.2, 0) is 17.6 Å². The van der Waals surface area contributed by atoms with Crippen LogP contribution in [0.4, 0.5) is 0 Å². The quantitative estimate of drug-likeness (QED) is 0.907. The van der Waals surface area contributed by atoms with Gasteiger partial charge in [-0.2, -0.15) is 0 Å². The topological polar surface area (TPSA) is 63.1 Å². The number of aliphatic carboxylic acids is 1. The Kier molecular flexibility index (Phi) is 4.45. The van der Waals surface area contributed by atoms with E-state index in [0.717, 1.165) is 29.8 Å². The van der Waals surface area contributed by atoms with Crippen molar-refractivity contribution >= 4 is 5.97 Å². The zero-order valence-electron chi connectivity index (χ0n) is 11.8. The van der Waals surface area contributed by atoms with Crippen molar-refractivity contribution in [2.24, 2.45) is 0 Å². The van der Waals surface area contributed by atoms with Crippen LogP contribution in [0.1, 0.15) is 30.4 Å². The van der Waals surface area contributed by atoms with Crippen LogP contribution in [0, 0.1) is 6.92 Å². The fraction of sp³-hybridized carbons (Fsp3) is 0.312. The van der Waals surface area contributed by atoms with E-state index in [2.05, 4.69) is 29.0 Å². The summed E-state index contributed by atoms with van der Waals surface area (Å²) in [5.41, 5.74) is 3.84. The summed E-state index contributed by atoms with van der Waals surface area (Å²) in [6, 6.07) is 10.1. The van der Waals surface area contributed by atoms with Crippen molar-refractivity contribution in [3.8, 4) is 11.3 Å². The molecule has 0 aliphatic carbocycles. The molecule has 2 aromatic rings. The van der Waals surface area contributed by atoms with Crippen molar-refractivity contribution < 1.29 is 9.90 Å². The molecule has 4 nitrogen and oxygen atoms in total. The summed E-state index contributed by atoms with van der Waals surface area (Å²) in [5, 5.41) is 8.83. The van der Waals surface area contributed by atoms with Crippen molar-refractivity contribution in [2.75, 3.05) is 0 Å². The Balaban J connectivity index is 2.31. The molecule has 0 atom stereocenters. The summed E-state index contributed by atoms with van der Waals surface area (Å²) in [6.45, 7) is 4.00. The van der Waals surface area contributed by atoms with Gasteiger partial charge < -0.3 is 5.11 Å². The average molecular weight is 270 g/mol. The van der Waals surface area contributed by atoms with Gasteiger partial charge in [-0.1, -0.05) is 37.6 Å². The second-order valence-electron chi connectivity index (χ2n) is 4.83. The Labute approximate surface area is 118 Å². The van der Waals surface area contributed by atoms with Crippen molar-refractivity contribution in [2.45, 2.75) is 33.1 Å². The number of carbonyl (C=O) groups is 1. The maximum absolute atomic E-state index is 10.8. The average Bonchev–Trinajstić information content (AvgIpc) is 2.38. The molecule has 0 saturated heterocycles. The highest BCUT2D eigenvalue weighted by molar-refractivity contribution is 5.69. The van der Waals surface area contributed by atoms with E-state index in [4.69, 9.17) is 5.11 Å². The Morgan fingerprint density at radius 3 is 2.50 bits per heavy atom. The third-order valence-electron chi connectivity index (χ3n) is 3.00. The van der Waals surface area contributed by atoms with Crippen LogP contribution in [0.25, 0.3) is 11.3 Å². The van der Waals surface area contributed by atoms with Crippen molar-refractivity contribution in [3.63, 3.8) is 0 Å². The summed E-state index contributed by atoms with van der Waals surface area (Å²) in [4.78, 5) is 19.2. The van der Waals surface area contributed by atoms with Crippen LogP contribution in [0.15, 0.2) is 30.3 Å². The third-order valence-corrected chi connectivity index (χ3v) is 3.00. The van der Waals surface area contributed by atoms with Crippen LogP contribution in [-0.4, -0.2) is 21.0 Å². The molecule has 0 bridgehead atoms. The van der Waals surface area contributed by atoms with Gasteiger partial charge in [-0.15, -0.1) is 0 Å². The fourth-order valence-electron chi connectivity index (χ4n) is 2.12. The number of rotatable bonds is 5. The van der Waals surface area contributed by atoms with Gasteiger partial charge in [-0.05, 0) is 25.0 Å². The first kappa shape index (κ1) is 14.2. The number of hydrogen-bond acceptors (Lipinski definition) is 3. The van der Waals surface area contributed by atoms with Gasteiger partial charge in [-0.3, -0.25) is 4.79 Å². The van der Waals surface area contributed by atoms with E-state index in [0.29, 0.717) is 5.82 Å². The summed E-state index contributed by atoms with van der Waals surface area (Å²) < 4.78 is 0. The number of hydrogen-bond donors (Lipinski definition) is 1. The summed E-state index contributed by atoms with van der Waals surface area (Å²) in [6.07, 6.45) is 2.03. The lowest BCUT2D eigenvalue weighted by Crippen LogP contribution is -2.06. The van der Waals surface area contributed by atoms with Crippen LogP contribution >= 0.6 is 0 Å². The number of carboxylic acids is 1. The molecule has 104 valence electrons. The summed E-state index contributed by atoms with van der Waals surface area (Å²) >= 11 is 0. The van der Waals surface area contributed by atoms with Crippen LogP contribution in [0.5, 0.6) is 0 Å². The lowest BCUT2D eigenvalue weighted by Gasteiger charge is -2.06. The minimum absolute atomic E-state index is 0.150. The maximum Gasteiger partial charge on any atom is 0.311 e. The molecule has 0 aliphatic heterocycles. The van der Waals surface area contributed by atoms with E-state index in [-0.39, 0.29) is 6.42 Å². The highest BCUT2D eigenvalue weighted by Crippen LogP contribution is 2.19. The molecule has 20 heavy (non-hydrogen) atoms. The van der Waals surface area contributed by atoms with E-state index in [9.17, 15) is 4.79 Å². The molecule has 2 rings (SSSR count). The predicted molar refractivity (Wildman–Crippen MR) is 77.5 cm³/mol. The number of benzene rings is 1. The standard InChI is InChI=1S/C16H18N2O2/c1-3-4-12-5-7-13(8-6-12)14-9-11(2)17-15(18-14)10-16(19)20/h5-9H,3-4,10H2,1-2H3,(H,19,20). The van der Waals surface area contributed by atoms with Crippen molar-refractivity contribution in [1.29, 1.82) is 0 Å². The smallest absolute Gasteiger partial charge is 0.311 e. The lowest BCUT2D eigenvalue weighted by molar-refractivity contribution is -0.136. The molecule has 0 amide bonds. The normalized spacial score (nSPS) is 10.5. The van der Waals surface area contributed by atoms with E-state index >= 15 is 0 Å². The molecule has 0 unspecified atom stereocenters. The Hall–Kier alpha value is -2.23. The van der Waals surface area contributed by atoms with Crippen LogP contribution in [0.2, 0.25) is 0 Å². The molecule has 4 heteroatoms. The fourth-order valence-corrected chi connectivity index (χ4v) is 2.12. The van der Waals surface area contributed by atoms with Gasteiger partial charge in [0.1, 0.15) is 12.2 Å². The van der Waals surface area contributed by atoms with E-state index in [1.807, 2.05) is 25.1 Å². The van der Waals surface area contributed by atoms with Gasteiger partial charge >= 0.3 is 5.97 Å². The number of aromatic nitrogens is 2. The van der Waals surface area contributed by atoms with Gasteiger partial charge in [0.05, 0.1) is 5.69 Å². The largest absolute Gasteiger partial charge is 0.481 e. The molecule has 0 aliphatic rings. The minimum Gasteiger partial charge on any atom is -0.481 e. The second-order valence-corrected chi connectivity index (χ2v) is 4.83. The van der Waals surface area contributed by atoms with E-state index in [1.54, 1.807) is 0 Å². The first-order chi connectivity index (χ1) is 9.58. The Morgan fingerprint density at radius 2 is 1.90 bits per heavy atom. The van der Waals surface area contributed by atoms with Crippen molar-refractivity contribution in [1.82, 2.24) is 9.97 Å². The summed E-state index contributed by atoms with van der Waals surface area (Å²) in [7, 11) is 0. The molecular formula is C16H18N2O2. The molecule has 1 N–H and O–H groups in total. The van der Waals surface area contributed by atoms with Gasteiger partial charge in [-0.25, -0.2) is 9.97 Å². The molecule has 1 heterocycles. The molecule has 0 fully saturated rings. The summed E-state index contributed by atoms with van der Waals surface area (Å²) in [5.74, 6) is -0.565. The highest BCUT2D eigenvalue weighted by Gasteiger charge is 2.08. The molecule has 0 saturated carbocycles. The van der Waals surface area contributed by atoms with Gasteiger partial charge in [0.15, 0.2) is 0 Å². The lowest BCUT2D eigenvalue weighted by atomic mass is 10.1. The number of nitrogens with zero attached hydrogens (tertiary/aromatic N) is 2. The Bertz CT molecular complexity index is 606. The second kappa shape index (κ2) is 6.28. The first-order valence-electron chi connectivity index (χ1n) is 6.74. The van der Waals surface area contributed by atoms with Gasteiger partial charge in [0.25, 0.3) is 0 Å². The van der Waals surface area contributed by atoms with E-state index < -0.39 is 5.97 Å². The maximum atomic E-state index is 10.8. The molecule has 0 spiro atoms. The monoisotopic (exact) mass is 270 g/mol. The zero-order valence-corrected chi connectivity index (χ0v) is 11.8. The van der Waals surface area contributed by atoms with E-state index in [1.165, 1.54) is 5.56 Å². The zero-order chi connectivity index (χ0) is 14.5. The number of carboxylic acid groups (broad SMARTS) is 1. The number of aryl methyl sites for hydroxylation is 2. The molecule has 1 aromatic carbocycles. The van der Waals surface area contributed by atoms with Gasteiger partial charge in [0.2, 0.25) is 0 Å². The Morgan fingerprint density at radius 1 is 1.20 bits per heavy atom. The molecule has 1 aromatic heterocycles. The van der Waals surface area contributed by atoms with Gasteiger partial charge in [0, 0.05) is 11.3 Å². The first-order valence-corrected chi connectivity index (χ1v) is 6.74. The van der Waals surface area contributed by atoms with Crippen molar-refractivity contribution in [3.05, 3.63) is 47.4 Å². The molecular weight excluding hydrogens is 252 g/mol. The molecule has 0 radical (unpaired) electrons. The SMILES string of the molecule is CCCc1ccc(-c2cc(C)nc(CC(=O)O)n2)cc1. The third kappa shape index (κ3) is 3.63. The predicted octanol–water partition coefficient (Wildman–Crippen LogP) is 3.03. The van der Waals surface area contributed by atoms with Crippen LogP contribution < -0.4 is 0 Å². The van der Waals surface area contributed by atoms with Crippen LogP contribution in [0.3, 0.4) is 0 Å². The highest BCUT2D eigenvalue weighted by atomic mass is 16.4. The minimum atomic E-state index is -0.917.